The molecule has 0 radical (unpaired) electrons. The molecule has 1 aromatic carbocycles. The molecule has 1 aromatic rings. The molecule has 0 amide bonds. The van der Waals surface area contributed by atoms with Crippen LogP contribution in [0.1, 0.15) is 5.56 Å². The van der Waals surface area contributed by atoms with Crippen LogP contribution in [-0.4, -0.2) is 5.33 Å². The van der Waals surface area contributed by atoms with Crippen molar-refractivity contribution in [2.24, 2.45) is 0 Å². The highest BCUT2D eigenvalue weighted by atomic mass is 79.9. The Hall–Kier alpha value is 0.0200. The summed E-state index contributed by atoms with van der Waals surface area (Å²) < 4.78 is 0. The molecule has 0 atom stereocenters. The summed E-state index contributed by atoms with van der Waals surface area (Å²) in [5, 5.41) is 2.06. The number of allylic oxidation sites excluding steroid dienone is 1. The molecule has 0 aliphatic rings. The second kappa shape index (κ2) is 4.31. The van der Waals surface area contributed by atoms with E-state index in [0.29, 0.717) is 15.4 Å². The molecule has 0 aliphatic carbocycles. The molecular formula is C9H7BrCl2. The van der Waals surface area contributed by atoms with Gasteiger partial charge in [0.15, 0.2) is 0 Å². The van der Waals surface area contributed by atoms with Crippen molar-refractivity contribution >= 4 is 44.7 Å². The van der Waals surface area contributed by atoms with Gasteiger partial charge in [0.2, 0.25) is 0 Å². The number of hydrogen-bond acceptors (Lipinski definition) is 0. The Labute approximate surface area is 90.3 Å². The molecule has 0 unspecified atom stereocenters. The van der Waals surface area contributed by atoms with Gasteiger partial charge in [-0.1, -0.05) is 45.7 Å². The second-order valence-electron chi connectivity index (χ2n) is 2.36. The van der Waals surface area contributed by atoms with Crippen LogP contribution >= 0.6 is 39.1 Å². The van der Waals surface area contributed by atoms with Gasteiger partial charge in [0, 0.05) is 15.4 Å². The van der Waals surface area contributed by atoms with Gasteiger partial charge in [-0.2, -0.15) is 0 Å². The minimum Gasteiger partial charge on any atom is -0.0943 e. The van der Waals surface area contributed by atoms with E-state index in [0.717, 1.165) is 11.1 Å². The first-order valence-corrected chi connectivity index (χ1v) is 5.22. The van der Waals surface area contributed by atoms with Crippen molar-refractivity contribution in [3.05, 3.63) is 40.4 Å². The van der Waals surface area contributed by atoms with Crippen LogP contribution in [0, 0.1) is 0 Å². The molecule has 0 bridgehead atoms. The van der Waals surface area contributed by atoms with Crippen LogP contribution in [0.25, 0.3) is 5.57 Å². The van der Waals surface area contributed by atoms with Crippen LogP contribution in [0.5, 0.6) is 0 Å². The van der Waals surface area contributed by atoms with Crippen molar-refractivity contribution in [2.45, 2.75) is 0 Å². The van der Waals surface area contributed by atoms with Gasteiger partial charge in [-0.3, -0.25) is 0 Å². The zero-order valence-electron chi connectivity index (χ0n) is 6.28. The quantitative estimate of drug-likeness (QED) is 0.696. The van der Waals surface area contributed by atoms with E-state index in [-0.39, 0.29) is 0 Å². The zero-order valence-corrected chi connectivity index (χ0v) is 9.38. The monoisotopic (exact) mass is 264 g/mol. The Balaban J connectivity index is 3.13. The number of halogens is 3. The molecule has 64 valence electrons. The van der Waals surface area contributed by atoms with Gasteiger partial charge in [-0.15, -0.1) is 0 Å². The number of rotatable bonds is 2. The van der Waals surface area contributed by atoms with Crippen LogP contribution in [0.3, 0.4) is 0 Å². The summed E-state index contributed by atoms with van der Waals surface area (Å²) in [7, 11) is 0. The second-order valence-corrected chi connectivity index (χ2v) is 3.77. The van der Waals surface area contributed by atoms with Gasteiger partial charge in [0.1, 0.15) is 0 Å². The lowest BCUT2D eigenvalue weighted by atomic mass is 10.1. The Morgan fingerprint density at radius 2 is 2.08 bits per heavy atom. The predicted molar refractivity (Wildman–Crippen MR) is 59.3 cm³/mol. The largest absolute Gasteiger partial charge is 0.0943 e. The minimum absolute atomic E-state index is 0.677. The molecule has 0 N–H and O–H groups in total. The predicted octanol–water partition coefficient (Wildman–Crippen LogP) is 4.40. The maximum absolute atomic E-state index is 5.93. The van der Waals surface area contributed by atoms with Crippen LogP contribution in [0.2, 0.25) is 10.0 Å². The Morgan fingerprint density at radius 1 is 1.42 bits per heavy atom. The summed E-state index contributed by atoms with van der Waals surface area (Å²) in [6.07, 6.45) is 0. The average molecular weight is 266 g/mol. The smallest absolute Gasteiger partial charge is 0.0482 e. The number of hydrogen-bond donors (Lipinski definition) is 0. The fourth-order valence-electron chi connectivity index (χ4n) is 0.840. The fraction of sp³-hybridized carbons (Fsp3) is 0.111. The molecule has 0 nitrogen and oxygen atoms in total. The molecule has 0 spiro atoms. The number of benzene rings is 1. The van der Waals surface area contributed by atoms with Crippen molar-refractivity contribution in [1.29, 1.82) is 0 Å². The Kier molecular flexibility index (Phi) is 3.63. The third kappa shape index (κ3) is 2.25. The van der Waals surface area contributed by atoms with Crippen molar-refractivity contribution in [3.8, 4) is 0 Å². The van der Waals surface area contributed by atoms with Crippen LogP contribution in [-0.2, 0) is 0 Å². The molecule has 0 saturated carbocycles. The van der Waals surface area contributed by atoms with E-state index in [1.165, 1.54) is 0 Å². The summed E-state index contributed by atoms with van der Waals surface area (Å²) in [6.45, 7) is 3.86. The van der Waals surface area contributed by atoms with Gasteiger partial charge in [-0.25, -0.2) is 0 Å². The molecule has 0 aromatic heterocycles. The van der Waals surface area contributed by atoms with Gasteiger partial charge in [-0.05, 0) is 29.3 Å². The Morgan fingerprint density at radius 3 is 2.67 bits per heavy atom. The topological polar surface area (TPSA) is 0 Å². The molecule has 3 heteroatoms. The van der Waals surface area contributed by atoms with Gasteiger partial charge >= 0.3 is 0 Å². The normalized spacial score (nSPS) is 9.92. The van der Waals surface area contributed by atoms with E-state index in [4.69, 9.17) is 23.2 Å². The molecule has 0 saturated heterocycles. The first-order valence-electron chi connectivity index (χ1n) is 3.34. The highest BCUT2D eigenvalue weighted by Crippen LogP contribution is 2.26. The molecular weight excluding hydrogens is 259 g/mol. The van der Waals surface area contributed by atoms with E-state index in [1.807, 2.05) is 6.07 Å². The van der Waals surface area contributed by atoms with E-state index >= 15 is 0 Å². The highest BCUT2D eigenvalue weighted by Gasteiger charge is 2.03. The molecule has 12 heavy (non-hydrogen) atoms. The summed E-state index contributed by atoms with van der Waals surface area (Å²) in [5.74, 6) is 0. The lowest BCUT2D eigenvalue weighted by Gasteiger charge is -2.04. The van der Waals surface area contributed by atoms with Crippen molar-refractivity contribution in [3.63, 3.8) is 0 Å². The van der Waals surface area contributed by atoms with E-state index in [1.54, 1.807) is 12.1 Å². The van der Waals surface area contributed by atoms with Crippen LogP contribution in [0.4, 0.5) is 0 Å². The van der Waals surface area contributed by atoms with E-state index in [9.17, 15) is 0 Å². The average Bonchev–Trinajstić information content (AvgIpc) is 2.08. The maximum Gasteiger partial charge on any atom is 0.0482 e. The fourth-order valence-corrected chi connectivity index (χ4v) is 1.57. The van der Waals surface area contributed by atoms with E-state index in [2.05, 4.69) is 22.5 Å². The molecule has 1 rings (SSSR count). The van der Waals surface area contributed by atoms with E-state index < -0.39 is 0 Å². The lowest BCUT2D eigenvalue weighted by Crippen LogP contribution is -1.84. The SMILES string of the molecule is C=C(CBr)c1cc(Cl)ccc1Cl. The van der Waals surface area contributed by atoms with Gasteiger partial charge in [0.25, 0.3) is 0 Å². The first kappa shape index (κ1) is 10.1. The Bertz CT molecular complexity index is 307. The molecule has 0 heterocycles. The van der Waals surface area contributed by atoms with Gasteiger partial charge < -0.3 is 0 Å². The summed E-state index contributed by atoms with van der Waals surface area (Å²) in [4.78, 5) is 0. The molecule has 0 aliphatic heterocycles. The zero-order chi connectivity index (χ0) is 9.14. The summed E-state index contributed by atoms with van der Waals surface area (Å²) >= 11 is 15.0. The number of alkyl halides is 1. The molecule has 0 fully saturated rings. The van der Waals surface area contributed by atoms with Crippen molar-refractivity contribution in [2.75, 3.05) is 5.33 Å². The third-order valence-corrected chi connectivity index (χ3v) is 2.71. The lowest BCUT2D eigenvalue weighted by molar-refractivity contribution is 1.59. The standard InChI is InChI=1S/C9H7BrCl2/c1-6(5-10)8-4-7(11)2-3-9(8)12/h2-4H,1,5H2. The third-order valence-electron chi connectivity index (χ3n) is 1.47. The van der Waals surface area contributed by atoms with Crippen molar-refractivity contribution in [1.82, 2.24) is 0 Å². The van der Waals surface area contributed by atoms with Crippen molar-refractivity contribution < 1.29 is 0 Å². The van der Waals surface area contributed by atoms with Crippen LogP contribution < -0.4 is 0 Å². The first-order chi connectivity index (χ1) is 5.65. The summed E-state index contributed by atoms with van der Waals surface area (Å²) in [6, 6.07) is 5.34. The van der Waals surface area contributed by atoms with Gasteiger partial charge in [0.05, 0.1) is 0 Å². The summed E-state index contributed by atoms with van der Waals surface area (Å²) in [5.41, 5.74) is 1.84. The maximum atomic E-state index is 5.93. The van der Waals surface area contributed by atoms with Crippen LogP contribution in [0.15, 0.2) is 24.8 Å². The highest BCUT2D eigenvalue weighted by molar-refractivity contribution is 9.09. The minimum atomic E-state index is 0.677.